The zero-order valence-corrected chi connectivity index (χ0v) is 12.8. The minimum atomic E-state index is -0.764. The number of imide groups is 1. The SMILES string of the molecule is O=C1NC2(CCc3ccccc3C2)C(=O)N1Cc1ccccc1. The van der Waals surface area contributed by atoms with E-state index in [1.54, 1.807) is 0 Å². The zero-order chi connectivity index (χ0) is 15.9. The molecule has 3 amide bonds. The molecule has 1 spiro atoms. The van der Waals surface area contributed by atoms with Crippen LogP contribution in [0.15, 0.2) is 54.6 Å². The van der Waals surface area contributed by atoms with Gasteiger partial charge in [-0.05, 0) is 29.5 Å². The number of aryl methyl sites for hydroxylation is 1. The molecule has 2 aliphatic rings. The Hall–Kier alpha value is -2.62. The molecule has 1 unspecified atom stereocenters. The fourth-order valence-electron chi connectivity index (χ4n) is 3.61. The Labute approximate surface area is 135 Å². The van der Waals surface area contributed by atoms with Crippen molar-refractivity contribution in [2.75, 3.05) is 0 Å². The molecule has 1 heterocycles. The Morgan fingerprint density at radius 2 is 1.65 bits per heavy atom. The molecule has 1 N–H and O–H groups in total. The number of hydrogen-bond donors (Lipinski definition) is 1. The minimum Gasteiger partial charge on any atom is -0.323 e. The average Bonchev–Trinajstić information content (AvgIpc) is 2.80. The van der Waals surface area contributed by atoms with Crippen LogP contribution in [0, 0.1) is 0 Å². The molecule has 0 bridgehead atoms. The van der Waals surface area contributed by atoms with Crippen molar-refractivity contribution in [1.29, 1.82) is 0 Å². The van der Waals surface area contributed by atoms with Crippen LogP contribution in [0.2, 0.25) is 0 Å². The number of carbonyl (C=O) groups excluding carboxylic acids is 2. The molecule has 1 saturated heterocycles. The summed E-state index contributed by atoms with van der Waals surface area (Å²) >= 11 is 0. The van der Waals surface area contributed by atoms with Crippen LogP contribution in [0.1, 0.15) is 23.1 Å². The second-order valence-electron chi connectivity index (χ2n) is 6.33. The Morgan fingerprint density at radius 3 is 2.43 bits per heavy atom. The van der Waals surface area contributed by atoms with Gasteiger partial charge in [0.05, 0.1) is 6.54 Å². The third kappa shape index (κ3) is 2.31. The molecule has 23 heavy (non-hydrogen) atoms. The number of carbonyl (C=O) groups is 2. The normalized spacial score (nSPS) is 23.0. The number of benzene rings is 2. The molecule has 2 aromatic rings. The highest BCUT2D eigenvalue weighted by molar-refractivity contribution is 6.07. The predicted molar refractivity (Wildman–Crippen MR) is 86.7 cm³/mol. The lowest BCUT2D eigenvalue weighted by atomic mass is 9.78. The standard InChI is InChI=1S/C19H18N2O2/c22-17-19(11-10-15-8-4-5-9-16(15)12-19)20-18(23)21(17)13-14-6-2-1-3-7-14/h1-9H,10-13H2,(H,20,23). The summed E-state index contributed by atoms with van der Waals surface area (Å²) in [5.74, 6) is -0.0964. The van der Waals surface area contributed by atoms with Gasteiger partial charge in [-0.15, -0.1) is 0 Å². The van der Waals surface area contributed by atoms with Crippen LogP contribution in [-0.2, 0) is 24.2 Å². The van der Waals surface area contributed by atoms with E-state index in [-0.39, 0.29) is 11.9 Å². The van der Waals surface area contributed by atoms with Crippen LogP contribution in [-0.4, -0.2) is 22.4 Å². The molecule has 1 aliphatic carbocycles. The summed E-state index contributed by atoms with van der Waals surface area (Å²) in [6.45, 7) is 0.328. The highest BCUT2D eigenvalue weighted by Gasteiger charge is 2.52. The van der Waals surface area contributed by atoms with Gasteiger partial charge in [-0.1, -0.05) is 54.6 Å². The van der Waals surface area contributed by atoms with Crippen LogP contribution in [0.5, 0.6) is 0 Å². The Bertz CT molecular complexity index is 772. The first-order valence-electron chi connectivity index (χ1n) is 7.93. The first kappa shape index (κ1) is 14.0. The maximum atomic E-state index is 12.9. The van der Waals surface area contributed by atoms with Gasteiger partial charge in [0.1, 0.15) is 5.54 Å². The van der Waals surface area contributed by atoms with Crippen molar-refractivity contribution in [2.24, 2.45) is 0 Å². The van der Waals surface area contributed by atoms with E-state index in [1.165, 1.54) is 10.5 Å². The third-order valence-corrected chi connectivity index (χ3v) is 4.86. The Kier molecular flexibility index (Phi) is 3.18. The molecule has 1 aliphatic heterocycles. The van der Waals surface area contributed by atoms with Crippen molar-refractivity contribution in [1.82, 2.24) is 10.2 Å². The van der Waals surface area contributed by atoms with Gasteiger partial charge in [0, 0.05) is 6.42 Å². The van der Waals surface area contributed by atoms with Gasteiger partial charge in [0.25, 0.3) is 5.91 Å². The summed E-state index contributed by atoms with van der Waals surface area (Å²) in [7, 11) is 0. The molecule has 2 aromatic carbocycles. The second kappa shape index (κ2) is 5.23. The highest BCUT2D eigenvalue weighted by Crippen LogP contribution is 2.34. The first-order valence-corrected chi connectivity index (χ1v) is 7.93. The second-order valence-corrected chi connectivity index (χ2v) is 6.33. The maximum Gasteiger partial charge on any atom is 0.325 e. The number of nitrogens with one attached hydrogen (secondary N) is 1. The van der Waals surface area contributed by atoms with E-state index in [9.17, 15) is 9.59 Å². The van der Waals surface area contributed by atoms with Gasteiger partial charge in [0.2, 0.25) is 0 Å². The van der Waals surface area contributed by atoms with Crippen LogP contribution < -0.4 is 5.32 Å². The first-order chi connectivity index (χ1) is 11.2. The van der Waals surface area contributed by atoms with E-state index in [0.717, 1.165) is 17.5 Å². The van der Waals surface area contributed by atoms with E-state index in [4.69, 9.17) is 0 Å². The maximum absolute atomic E-state index is 12.9. The Morgan fingerprint density at radius 1 is 0.957 bits per heavy atom. The van der Waals surface area contributed by atoms with Crippen LogP contribution in [0.25, 0.3) is 0 Å². The summed E-state index contributed by atoms with van der Waals surface area (Å²) in [5.41, 5.74) is 2.64. The molecule has 4 rings (SSSR count). The molecule has 4 heteroatoms. The molecule has 116 valence electrons. The van der Waals surface area contributed by atoms with Crippen molar-refractivity contribution in [2.45, 2.75) is 31.3 Å². The molecule has 1 fully saturated rings. The lowest BCUT2D eigenvalue weighted by molar-refractivity contribution is -0.132. The number of urea groups is 1. The topological polar surface area (TPSA) is 49.4 Å². The van der Waals surface area contributed by atoms with Crippen molar-refractivity contribution in [3.05, 3.63) is 71.3 Å². The van der Waals surface area contributed by atoms with Gasteiger partial charge in [-0.2, -0.15) is 0 Å². The summed E-state index contributed by atoms with van der Waals surface area (Å²) < 4.78 is 0. The number of rotatable bonds is 2. The fraction of sp³-hybridized carbons (Fsp3) is 0.263. The summed E-state index contributed by atoms with van der Waals surface area (Å²) in [5, 5.41) is 2.97. The number of nitrogens with zero attached hydrogens (tertiary/aromatic N) is 1. The Balaban J connectivity index is 1.61. The molecular formula is C19H18N2O2. The minimum absolute atomic E-state index is 0.0964. The molecule has 1 atom stereocenters. The summed E-state index contributed by atoms with van der Waals surface area (Å²) in [6, 6.07) is 17.5. The van der Waals surface area contributed by atoms with E-state index in [0.29, 0.717) is 19.4 Å². The predicted octanol–water partition coefficient (Wildman–Crippen LogP) is 2.67. The van der Waals surface area contributed by atoms with Gasteiger partial charge < -0.3 is 5.32 Å². The van der Waals surface area contributed by atoms with E-state index < -0.39 is 5.54 Å². The van der Waals surface area contributed by atoms with Crippen molar-refractivity contribution < 1.29 is 9.59 Å². The third-order valence-electron chi connectivity index (χ3n) is 4.86. The van der Waals surface area contributed by atoms with Crippen molar-refractivity contribution in [3.63, 3.8) is 0 Å². The molecule has 4 nitrogen and oxygen atoms in total. The molecule has 0 aromatic heterocycles. The molecular weight excluding hydrogens is 288 g/mol. The van der Waals surface area contributed by atoms with E-state index >= 15 is 0 Å². The molecule has 0 radical (unpaired) electrons. The van der Waals surface area contributed by atoms with Gasteiger partial charge in [-0.3, -0.25) is 9.69 Å². The summed E-state index contributed by atoms with van der Waals surface area (Å²) in [4.78, 5) is 26.7. The highest BCUT2D eigenvalue weighted by atomic mass is 16.2. The number of hydrogen-bond acceptors (Lipinski definition) is 2. The van der Waals surface area contributed by atoms with Crippen molar-refractivity contribution >= 4 is 11.9 Å². The van der Waals surface area contributed by atoms with Crippen LogP contribution in [0.4, 0.5) is 4.79 Å². The lowest BCUT2D eigenvalue weighted by Gasteiger charge is -2.32. The van der Waals surface area contributed by atoms with E-state index in [1.807, 2.05) is 42.5 Å². The van der Waals surface area contributed by atoms with Crippen molar-refractivity contribution in [3.8, 4) is 0 Å². The van der Waals surface area contributed by atoms with Gasteiger partial charge in [-0.25, -0.2) is 4.79 Å². The number of fused-ring (bicyclic) bond motifs is 1. The zero-order valence-electron chi connectivity index (χ0n) is 12.8. The smallest absolute Gasteiger partial charge is 0.323 e. The largest absolute Gasteiger partial charge is 0.325 e. The average molecular weight is 306 g/mol. The van der Waals surface area contributed by atoms with Gasteiger partial charge in [0.15, 0.2) is 0 Å². The fourth-order valence-corrected chi connectivity index (χ4v) is 3.61. The summed E-state index contributed by atoms with van der Waals surface area (Å²) in [6.07, 6.45) is 2.07. The quantitative estimate of drug-likeness (QED) is 0.867. The van der Waals surface area contributed by atoms with E-state index in [2.05, 4.69) is 17.4 Å². The molecule has 0 saturated carbocycles. The lowest BCUT2D eigenvalue weighted by Crippen LogP contribution is -2.51. The monoisotopic (exact) mass is 306 g/mol. The van der Waals surface area contributed by atoms with Crippen LogP contribution in [0.3, 0.4) is 0 Å². The van der Waals surface area contributed by atoms with Crippen LogP contribution >= 0.6 is 0 Å². The van der Waals surface area contributed by atoms with Gasteiger partial charge >= 0.3 is 6.03 Å². The number of amides is 3.